The molecule has 6 nitrogen and oxygen atoms in total. The molecule has 0 unspecified atom stereocenters. The second kappa shape index (κ2) is 8.11. The van der Waals surface area contributed by atoms with Gasteiger partial charge in [-0.15, -0.1) is 0 Å². The topological polar surface area (TPSA) is 96.5 Å². The van der Waals surface area contributed by atoms with Gasteiger partial charge < -0.3 is 15.4 Å². The highest BCUT2D eigenvalue weighted by Gasteiger charge is 2.16. The number of nitrogens with one attached hydrogen (secondary N) is 1. The smallest absolute Gasteiger partial charge is 0.179 e. The van der Waals surface area contributed by atoms with E-state index in [0.717, 1.165) is 13.0 Å². The Labute approximate surface area is 126 Å². The largest absolute Gasteiger partial charge is 0.385 e. The summed E-state index contributed by atoms with van der Waals surface area (Å²) in [4.78, 5) is 2.17. The van der Waals surface area contributed by atoms with Gasteiger partial charge in [-0.05, 0) is 25.6 Å². The minimum Gasteiger partial charge on any atom is -0.385 e. The molecule has 1 rings (SSSR count). The van der Waals surface area contributed by atoms with Gasteiger partial charge in [-0.2, -0.15) is 0 Å². The lowest BCUT2D eigenvalue weighted by atomic mass is 10.2. The van der Waals surface area contributed by atoms with Crippen molar-refractivity contribution in [2.75, 3.05) is 39.6 Å². The summed E-state index contributed by atoms with van der Waals surface area (Å²) in [5.41, 5.74) is 5.81. The molecule has 0 atom stereocenters. The molecule has 3 N–H and O–H groups in total. The minimum absolute atomic E-state index is 0.0395. The first-order valence-corrected chi connectivity index (χ1v) is 8.37. The van der Waals surface area contributed by atoms with E-state index in [0.29, 0.717) is 18.7 Å². The third-order valence-corrected chi connectivity index (χ3v) is 4.83. The van der Waals surface area contributed by atoms with Crippen molar-refractivity contribution in [1.29, 1.82) is 5.41 Å². The molecule has 0 bridgehead atoms. The summed E-state index contributed by atoms with van der Waals surface area (Å²) in [6.07, 6.45) is 0.868. The minimum atomic E-state index is -3.37. The first-order valence-electron chi connectivity index (χ1n) is 6.71. The van der Waals surface area contributed by atoms with E-state index in [4.69, 9.17) is 15.9 Å². The van der Waals surface area contributed by atoms with Crippen molar-refractivity contribution in [3.63, 3.8) is 0 Å². The van der Waals surface area contributed by atoms with E-state index >= 15 is 0 Å². The lowest BCUT2D eigenvalue weighted by molar-refractivity contribution is 0.181. The van der Waals surface area contributed by atoms with E-state index in [9.17, 15) is 8.42 Å². The van der Waals surface area contributed by atoms with E-state index in [1.807, 2.05) is 11.9 Å². The van der Waals surface area contributed by atoms with Crippen LogP contribution in [0.5, 0.6) is 0 Å². The molecule has 0 aliphatic carbocycles. The van der Waals surface area contributed by atoms with Gasteiger partial charge >= 0.3 is 0 Å². The van der Waals surface area contributed by atoms with Crippen LogP contribution in [0.15, 0.2) is 29.2 Å². The maximum Gasteiger partial charge on any atom is 0.179 e. The number of nitrogens with two attached hydrogens (primary N) is 1. The molecular formula is C14H23N3O3S. The molecule has 118 valence electrons. The third-order valence-electron chi connectivity index (χ3n) is 3.13. The first-order chi connectivity index (χ1) is 9.86. The molecule has 0 spiro atoms. The summed E-state index contributed by atoms with van der Waals surface area (Å²) in [7, 11) is 0.164. The van der Waals surface area contributed by atoms with Gasteiger partial charge in [0.25, 0.3) is 0 Å². The molecule has 0 saturated heterocycles. The van der Waals surface area contributed by atoms with Gasteiger partial charge in [-0.3, -0.25) is 5.41 Å². The lowest BCUT2D eigenvalue weighted by Crippen LogP contribution is -2.27. The number of nitrogens with zero attached hydrogens (tertiary/aromatic N) is 1. The Balaban J connectivity index is 2.65. The number of hydrogen-bond donors (Lipinski definition) is 2. The summed E-state index contributed by atoms with van der Waals surface area (Å²) in [6, 6.07) is 6.21. The number of rotatable bonds is 9. The number of methoxy groups -OCH3 is 1. The normalized spacial score (nSPS) is 11.8. The number of hydrogen-bond acceptors (Lipinski definition) is 5. The quantitative estimate of drug-likeness (QED) is 0.398. The van der Waals surface area contributed by atoms with Crippen LogP contribution < -0.4 is 5.73 Å². The molecule has 0 fully saturated rings. The second-order valence-corrected chi connectivity index (χ2v) is 7.02. The third kappa shape index (κ3) is 5.82. The Hall–Kier alpha value is -1.44. The summed E-state index contributed by atoms with van der Waals surface area (Å²) in [5, 5.41) is 7.36. The number of ether oxygens (including phenoxy) is 1. The first kappa shape index (κ1) is 17.6. The molecule has 0 heterocycles. The second-order valence-electron chi connectivity index (χ2n) is 4.91. The van der Waals surface area contributed by atoms with Crippen LogP contribution in [0.3, 0.4) is 0 Å². The predicted molar refractivity (Wildman–Crippen MR) is 83.5 cm³/mol. The maximum absolute atomic E-state index is 12.3. The zero-order valence-corrected chi connectivity index (χ0v) is 13.3. The van der Waals surface area contributed by atoms with Crippen LogP contribution in [0, 0.1) is 5.41 Å². The molecule has 0 aliphatic rings. The molecule has 21 heavy (non-hydrogen) atoms. The Morgan fingerprint density at radius 2 is 2.10 bits per heavy atom. The fourth-order valence-electron chi connectivity index (χ4n) is 1.84. The van der Waals surface area contributed by atoms with Crippen molar-refractivity contribution in [3.05, 3.63) is 29.8 Å². The highest BCUT2D eigenvalue weighted by Crippen LogP contribution is 2.13. The Bertz CT molecular complexity index is 573. The Morgan fingerprint density at radius 3 is 2.71 bits per heavy atom. The van der Waals surface area contributed by atoms with Gasteiger partial charge in [-0.1, -0.05) is 12.1 Å². The van der Waals surface area contributed by atoms with Gasteiger partial charge in [0, 0.05) is 32.4 Å². The van der Waals surface area contributed by atoms with E-state index < -0.39 is 9.84 Å². The average molecular weight is 313 g/mol. The van der Waals surface area contributed by atoms with Crippen LogP contribution in [-0.2, 0) is 14.6 Å². The lowest BCUT2D eigenvalue weighted by Gasteiger charge is -2.16. The molecular weight excluding hydrogens is 290 g/mol. The number of amidine groups is 1. The van der Waals surface area contributed by atoms with Gasteiger partial charge in [0.15, 0.2) is 9.84 Å². The van der Waals surface area contributed by atoms with Gasteiger partial charge in [0.2, 0.25) is 0 Å². The molecule has 0 saturated carbocycles. The van der Waals surface area contributed by atoms with E-state index in [1.54, 1.807) is 19.2 Å². The van der Waals surface area contributed by atoms with Gasteiger partial charge in [-0.25, -0.2) is 8.42 Å². The van der Waals surface area contributed by atoms with Crippen LogP contribution in [0.2, 0.25) is 0 Å². The Morgan fingerprint density at radius 1 is 1.38 bits per heavy atom. The zero-order valence-electron chi connectivity index (χ0n) is 12.5. The average Bonchev–Trinajstić information content (AvgIpc) is 2.45. The summed E-state index contributed by atoms with van der Waals surface area (Å²) in [5.74, 6) is -0.0959. The van der Waals surface area contributed by atoms with E-state index in [-0.39, 0.29) is 16.5 Å². The van der Waals surface area contributed by atoms with Crippen LogP contribution in [0.1, 0.15) is 12.0 Å². The van der Waals surface area contributed by atoms with Crippen molar-refractivity contribution >= 4 is 15.7 Å². The van der Waals surface area contributed by atoms with Crippen molar-refractivity contribution in [2.45, 2.75) is 11.3 Å². The van der Waals surface area contributed by atoms with Crippen molar-refractivity contribution in [1.82, 2.24) is 4.90 Å². The summed E-state index contributed by atoms with van der Waals surface area (Å²) in [6.45, 7) is 1.91. The predicted octanol–water partition coefficient (Wildman–Crippen LogP) is 0.713. The molecule has 0 amide bonds. The fourth-order valence-corrected chi connectivity index (χ4v) is 3.22. The molecule has 0 aliphatic heterocycles. The molecule has 7 heteroatoms. The van der Waals surface area contributed by atoms with Crippen molar-refractivity contribution in [2.24, 2.45) is 5.73 Å². The zero-order chi connectivity index (χ0) is 15.9. The summed E-state index contributed by atoms with van der Waals surface area (Å²) >= 11 is 0. The standard InChI is InChI=1S/C14H23N3O3S/c1-17(7-4-9-20-2)8-10-21(18,19)13-6-3-5-12(11-13)14(15)16/h3,5-6,11H,4,7-10H2,1-2H3,(H3,15,16). The number of sulfone groups is 1. The maximum atomic E-state index is 12.3. The van der Waals surface area contributed by atoms with Gasteiger partial charge in [0.1, 0.15) is 5.84 Å². The van der Waals surface area contributed by atoms with E-state index in [2.05, 4.69) is 0 Å². The SMILES string of the molecule is COCCCN(C)CCS(=O)(=O)c1cccc(C(=N)N)c1. The van der Waals surface area contributed by atoms with Crippen LogP contribution >= 0.6 is 0 Å². The monoisotopic (exact) mass is 313 g/mol. The molecule has 0 radical (unpaired) electrons. The molecule has 1 aromatic rings. The highest BCUT2D eigenvalue weighted by molar-refractivity contribution is 7.91. The summed E-state index contributed by atoms with van der Waals surface area (Å²) < 4.78 is 29.5. The fraction of sp³-hybridized carbons (Fsp3) is 0.500. The van der Waals surface area contributed by atoms with Crippen LogP contribution in [-0.4, -0.2) is 58.8 Å². The van der Waals surface area contributed by atoms with Crippen molar-refractivity contribution < 1.29 is 13.2 Å². The Kier molecular flexibility index (Phi) is 6.80. The van der Waals surface area contributed by atoms with E-state index in [1.165, 1.54) is 12.1 Å². The number of benzene rings is 1. The number of nitrogen functional groups attached to an aromatic ring is 1. The van der Waals surface area contributed by atoms with Crippen molar-refractivity contribution in [3.8, 4) is 0 Å². The van der Waals surface area contributed by atoms with Crippen LogP contribution in [0.25, 0.3) is 0 Å². The van der Waals surface area contributed by atoms with Gasteiger partial charge in [0.05, 0.1) is 10.6 Å². The highest BCUT2D eigenvalue weighted by atomic mass is 32.2. The molecule has 0 aromatic heterocycles. The molecule has 1 aromatic carbocycles. The van der Waals surface area contributed by atoms with Crippen LogP contribution in [0.4, 0.5) is 0 Å².